The first kappa shape index (κ1) is 24.9. The van der Waals surface area contributed by atoms with Crippen molar-refractivity contribution in [3.05, 3.63) is 63.1 Å². The molecule has 0 aromatic heterocycles. The lowest BCUT2D eigenvalue weighted by molar-refractivity contribution is -0.139. The second kappa shape index (κ2) is 10.5. The van der Waals surface area contributed by atoms with Crippen molar-refractivity contribution in [2.75, 3.05) is 32.6 Å². The van der Waals surface area contributed by atoms with Gasteiger partial charge in [-0.2, -0.15) is 0 Å². The number of nitrogens with zero attached hydrogens (tertiary/aromatic N) is 2. The maximum atomic E-state index is 13.1. The van der Waals surface area contributed by atoms with Crippen molar-refractivity contribution in [3.63, 3.8) is 0 Å². The number of aliphatic hydroxyl groups is 1. The molecule has 1 aliphatic heterocycles. The molecule has 0 bridgehead atoms. The van der Waals surface area contributed by atoms with Crippen LogP contribution >= 0.6 is 23.2 Å². The van der Waals surface area contributed by atoms with Crippen molar-refractivity contribution in [2.45, 2.75) is 32.2 Å². The van der Waals surface area contributed by atoms with Crippen LogP contribution in [0.3, 0.4) is 0 Å². The van der Waals surface area contributed by atoms with Gasteiger partial charge in [0.05, 0.1) is 28.8 Å². The summed E-state index contributed by atoms with van der Waals surface area (Å²) in [6, 6.07) is 9.82. The molecule has 1 amide bonds. The maximum Gasteiger partial charge on any atom is 0.295 e. The average Bonchev–Trinajstić information content (AvgIpc) is 3.03. The molecule has 3 rings (SSSR count). The van der Waals surface area contributed by atoms with E-state index in [9.17, 15) is 14.7 Å². The highest BCUT2D eigenvalue weighted by atomic mass is 35.5. The number of Topliss-reactive ketones (excluding diaryl/α,β-unsaturated/α-hetero) is 1. The Hall–Kier alpha value is -2.70. The van der Waals surface area contributed by atoms with Gasteiger partial charge in [0.1, 0.15) is 5.76 Å². The van der Waals surface area contributed by atoms with Gasteiger partial charge in [-0.3, -0.25) is 9.59 Å². The standard InChI is InChI=1S/C25H28Cl2N2O4/c1-5-6-7-12-29-21(15-8-10-17(11-9-15)28(2)3)20(23(31)25(29)32)22(30)16-13-18(26)24(33-4)19(27)14-16/h8-11,13-14,21,30H,5-7,12H2,1-4H3/b22-20+. The summed E-state index contributed by atoms with van der Waals surface area (Å²) in [6.45, 7) is 2.49. The van der Waals surface area contributed by atoms with Crippen molar-refractivity contribution in [1.29, 1.82) is 0 Å². The molecule has 0 spiro atoms. The van der Waals surface area contributed by atoms with E-state index >= 15 is 0 Å². The Morgan fingerprint density at radius 3 is 2.21 bits per heavy atom. The fourth-order valence-electron chi connectivity index (χ4n) is 3.99. The summed E-state index contributed by atoms with van der Waals surface area (Å²) in [5.74, 6) is -1.40. The van der Waals surface area contributed by atoms with Crippen molar-refractivity contribution in [3.8, 4) is 5.75 Å². The highest BCUT2D eigenvalue weighted by Gasteiger charge is 2.45. The molecule has 176 valence electrons. The molecule has 1 atom stereocenters. The predicted octanol–water partition coefficient (Wildman–Crippen LogP) is 5.68. The molecule has 0 saturated carbocycles. The summed E-state index contributed by atoms with van der Waals surface area (Å²) in [5, 5.41) is 11.6. The number of halogens is 2. The first-order chi connectivity index (χ1) is 15.7. The van der Waals surface area contributed by atoms with Gasteiger partial charge in [-0.15, -0.1) is 0 Å². The zero-order chi connectivity index (χ0) is 24.3. The van der Waals surface area contributed by atoms with Crippen molar-refractivity contribution in [2.24, 2.45) is 0 Å². The third-order valence-electron chi connectivity index (χ3n) is 5.74. The molecule has 1 unspecified atom stereocenters. The number of carbonyl (C=O) groups excluding carboxylic acids is 2. The summed E-state index contributed by atoms with van der Waals surface area (Å²) in [7, 11) is 5.30. The van der Waals surface area contributed by atoms with Crippen LogP contribution in [0.1, 0.15) is 43.4 Å². The maximum absolute atomic E-state index is 13.1. The minimum atomic E-state index is -0.728. The highest BCUT2D eigenvalue weighted by Crippen LogP contribution is 2.42. The van der Waals surface area contributed by atoms with E-state index in [1.165, 1.54) is 19.2 Å². The number of anilines is 1. The first-order valence-electron chi connectivity index (χ1n) is 10.8. The SMILES string of the molecule is CCCCCN1C(=O)C(=O)/C(=C(/O)c2cc(Cl)c(OC)c(Cl)c2)C1c1ccc(N(C)C)cc1. The summed E-state index contributed by atoms with van der Waals surface area (Å²) in [5.41, 5.74) is 1.98. The van der Waals surface area contributed by atoms with E-state index in [1.54, 1.807) is 4.90 Å². The smallest absolute Gasteiger partial charge is 0.295 e. The molecule has 2 aromatic carbocycles. The van der Waals surface area contributed by atoms with Gasteiger partial charge in [0.25, 0.3) is 11.7 Å². The van der Waals surface area contributed by atoms with E-state index in [0.29, 0.717) is 6.54 Å². The molecule has 1 heterocycles. The number of unbranched alkanes of at least 4 members (excludes halogenated alkanes) is 2. The second-order valence-corrected chi connectivity index (χ2v) is 8.97. The van der Waals surface area contributed by atoms with E-state index in [2.05, 4.69) is 6.92 Å². The van der Waals surface area contributed by atoms with Gasteiger partial charge >= 0.3 is 0 Å². The largest absolute Gasteiger partial charge is 0.507 e. The van der Waals surface area contributed by atoms with Crippen molar-refractivity contribution in [1.82, 2.24) is 4.90 Å². The quantitative estimate of drug-likeness (QED) is 0.223. The van der Waals surface area contributed by atoms with Gasteiger partial charge in [-0.1, -0.05) is 55.1 Å². The Balaban J connectivity index is 2.15. The molecule has 1 N–H and O–H groups in total. The van der Waals surface area contributed by atoms with Crippen LogP contribution in [0, 0.1) is 0 Å². The fourth-order valence-corrected chi connectivity index (χ4v) is 4.63. The summed E-state index contributed by atoms with van der Waals surface area (Å²) >= 11 is 12.5. The predicted molar refractivity (Wildman–Crippen MR) is 132 cm³/mol. The Kier molecular flexibility index (Phi) is 7.92. The molecule has 6 nitrogen and oxygen atoms in total. The van der Waals surface area contributed by atoms with Crippen LogP contribution in [0.25, 0.3) is 5.76 Å². The van der Waals surface area contributed by atoms with E-state index in [0.717, 1.165) is 30.5 Å². The van der Waals surface area contributed by atoms with E-state index in [4.69, 9.17) is 27.9 Å². The van der Waals surface area contributed by atoms with Crippen LogP contribution in [0.5, 0.6) is 5.75 Å². The molecule has 33 heavy (non-hydrogen) atoms. The lowest BCUT2D eigenvalue weighted by Crippen LogP contribution is -2.30. The van der Waals surface area contributed by atoms with Crippen LogP contribution < -0.4 is 9.64 Å². The monoisotopic (exact) mass is 490 g/mol. The molecule has 1 aliphatic rings. The number of benzene rings is 2. The number of hydrogen-bond acceptors (Lipinski definition) is 5. The Morgan fingerprint density at radius 2 is 1.70 bits per heavy atom. The third-order valence-corrected chi connectivity index (χ3v) is 6.31. The number of rotatable bonds is 8. The number of carbonyl (C=O) groups is 2. The Bertz CT molecular complexity index is 1060. The van der Waals surface area contributed by atoms with Crippen LogP contribution in [0.4, 0.5) is 5.69 Å². The number of ketones is 1. The fraction of sp³-hybridized carbons (Fsp3) is 0.360. The van der Waals surface area contributed by atoms with E-state index in [-0.39, 0.29) is 32.7 Å². The molecular formula is C25H28Cl2N2O4. The Labute approximate surface area is 204 Å². The number of likely N-dealkylation sites (tertiary alicyclic amines) is 1. The molecule has 8 heteroatoms. The van der Waals surface area contributed by atoms with Gasteiger partial charge in [-0.05, 0) is 36.2 Å². The van der Waals surface area contributed by atoms with Crippen LogP contribution in [-0.4, -0.2) is 49.4 Å². The summed E-state index contributed by atoms with van der Waals surface area (Å²) in [6.07, 6.45) is 2.67. The number of amides is 1. The molecular weight excluding hydrogens is 463 g/mol. The van der Waals surface area contributed by atoms with E-state index in [1.807, 2.05) is 43.3 Å². The highest BCUT2D eigenvalue weighted by molar-refractivity contribution is 6.46. The van der Waals surface area contributed by atoms with Crippen molar-refractivity contribution < 1.29 is 19.4 Å². The van der Waals surface area contributed by atoms with Crippen LogP contribution in [0.15, 0.2) is 42.0 Å². The number of ether oxygens (including phenoxy) is 1. The van der Waals surface area contributed by atoms with Gasteiger partial charge in [0.2, 0.25) is 0 Å². The average molecular weight is 491 g/mol. The zero-order valence-electron chi connectivity index (χ0n) is 19.2. The zero-order valence-corrected chi connectivity index (χ0v) is 20.7. The normalized spacial score (nSPS) is 17.5. The molecule has 2 aromatic rings. The second-order valence-electron chi connectivity index (χ2n) is 8.16. The van der Waals surface area contributed by atoms with Gasteiger partial charge in [-0.25, -0.2) is 0 Å². The van der Waals surface area contributed by atoms with Gasteiger partial charge in [0.15, 0.2) is 5.75 Å². The molecule has 1 fully saturated rings. The van der Waals surface area contributed by atoms with Gasteiger partial charge < -0.3 is 19.6 Å². The topological polar surface area (TPSA) is 70.1 Å². The van der Waals surface area contributed by atoms with Gasteiger partial charge in [0, 0.05) is 31.9 Å². The molecule has 0 radical (unpaired) electrons. The lowest BCUT2D eigenvalue weighted by Gasteiger charge is -2.26. The summed E-state index contributed by atoms with van der Waals surface area (Å²) in [4.78, 5) is 29.6. The molecule has 1 saturated heterocycles. The van der Waals surface area contributed by atoms with E-state index < -0.39 is 17.7 Å². The van der Waals surface area contributed by atoms with Crippen LogP contribution in [-0.2, 0) is 9.59 Å². The number of methoxy groups -OCH3 is 1. The summed E-state index contributed by atoms with van der Waals surface area (Å²) < 4.78 is 5.17. The lowest BCUT2D eigenvalue weighted by atomic mass is 9.95. The Morgan fingerprint density at radius 1 is 1.09 bits per heavy atom. The minimum Gasteiger partial charge on any atom is -0.507 e. The third kappa shape index (κ3) is 4.97. The number of hydrogen-bond donors (Lipinski definition) is 1. The molecule has 0 aliphatic carbocycles. The number of aliphatic hydroxyl groups excluding tert-OH is 1. The van der Waals surface area contributed by atoms with Crippen LogP contribution in [0.2, 0.25) is 10.0 Å². The minimum absolute atomic E-state index is 0.0198. The van der Waals surface area contributed by atoms with Crippen molar-refractivity contribution >= 4 is 46.3 Å². The first-order valence-corrected chi connectivity index (χ1v) is 11.6.